The Labute approximate surface area is 129 Å². The van der Waals surface area contributed by atoms with Gasteiger partial charge in [-0.05, 0) is 11.6 Å². The van der Waals surface area contributed by atoms with E-state index in [9.17, 15) is 4.79 Å². The predicted molar refractivity (Wildman–Crippen MR) is 83.1 cm³/mol. The number of amides is 1. The zero-order chi connectivity index (χ0) is 15.9. The van der Waals surface area contributed by atoms with E-state index < -0.39 is 0 Å². The highest BCUT2D eigenvalue weighted by atomic mass is 16.7. The summed E-state index contributed by atoms with van der Waals surface area (Å²) < 4.78 is 0. The molecular weight excluding hydrogens is 282 g/mol. The zero-order valence-corrected chi connectivity index (χ0v) is 12.6. The van der Waals surface area contributed by atoms with Crippen molar-refractivity contribution in [3.8, 4) is 0 Å². The average molecular weight is 301 g/mol. The molecule has 116 valence electrons. The van der Waals surface area contributed by atoms with Crippen LogP contribution in [0.1, 0.15) is 5.56 Å². The number of carbonyl (C=O) groups excluding carboxylic acids is 1. The van der Waals surface area contributed by atoms with Crippen LogP contribution in [0, 0.1) is 0 Å². The molecule has 2 rings (SSSR count). The first kappa shape index (κ1) is 15.8. The van der Waals surface area contributed by atoms with Gasteiger partial charge in [-0.3, -0.25) is 9.63 Å². The number of benzene rings is 1. The van der Waals surface area contributed by atoms with Gasteiger partial charge in [-0.1, -0.05) is 41.6 Å². The molecular formula is C16H19N3O3. The first-order chi connectivity index (χ1) is 10.6. The quantitative estimate of drug-likeness (QED) is 0.511. The van der Waals surface area contributed by atoms with Crippen molar-refractivity contribution in [2.24, 2.45) is 5.16 Å². The summed E-state index contributed by atoms with van der Waals surface area (Å²) in [4.78, 5) is 19.4. The van der Waals surface area contributed by atoms with E-state index in [0.29, 0.717) is 24.4 Å². The number of likely N-dealkylation sites (N-methyl/N-ethyl adjacent to an activating group) is 1. The van der Waals surface area contributed by atoms with Crippen molar-refractivity contribution >= 4 is 12.1 Å². The molecule has 6 nitrogen and oxygen atoms in total. The van der Waals surface area contributed by atoms with Gasteiger partial charge in [-0.2, -0.15) is 0 Å². The van der Waals surface area contributed by atoms with E-state index in [0.717, 1.165) is 5.56 Å². The first-order valence-corrected chi connectivity index (χ1v) is 6.87. The highest BCUT2D eigenvalue weighted by Gasteiger charge is 2.22. The number of rotatable bonds is 5. The van der Waals surface area contributed by atoms with Crippen LogP contribution in [0.15, 0.2) is 58.9 Å². The molecule has 0 atom stereocenters. The third-order valence-electron chi connectivity index (χ3n) is 3.15. The number of hydroxylamine groups is 2. The van der Waals surface area contributed by atoms with Crippen LogP contribution in [0.3, 0.4) is 0 Å². The minimum Gasteiger partial charge on any atom is -0.411 e. The summed E-state index contributed by atoms with van der Waals surface area (Å²) in [5.74, 6) is -0.181. The van der Waals surface area contributed by atoms with Crippen LogP contribution >= 0.6 is 0 Å². The van der Waals surface area contributed by atoms with Crippen molar-refractivity contribution in [3.63, 3.8) is 0 Å². The minimum absolute atomic E-state index is 0.181. The Bertz CT molecular complexity index is 606. The van der Waals surface area contributed by atoms with Crippen LogP contribution in [0.5, 0.6) is 0 Å². The predicted octanol–water partition coefficient (Wildman–Crippen LogP) is 1.79. The lowest BCUT2D eigenvalue weighted by atomic mass is 10.1. The van der Waals surface area contributed by atoms with Gasteiger partial charge in [0.1, 0.15) is 0 Å². The lowest BCUT2D eigenvalue weighted by Gasteiger charge is -2.28. The molecule has 0 aromatic heterocycles. The molecule has 1 aliphatic heterocycles. The Morgan fingerprint density at radius 1 is 1.41 bits per heavy atom. The summed E-state index contributed by atoms with van der Waals surface area (Å²) in [5, 5.41) is 13.5. The van der Waals surface area contributed by atoms with Crippen LogP contribution in [0.2, 0.25) is 0 Å². The van der Waals surface area contributed by atoms with Gasteiger partial charge >= 0.3 is 0 Å². The molecule has 6 heteroatoms. The molecule has 0 spiro atoms. The first-order valence-electron chi connectivity index (χ1n) is 6.87. The monoisotopic (exact) mass is 301 g/mol. The third-order valence-corrected chi connectivity index (χ3v) is 3.15. The van der Waals surface area contributed by atoms with Crippen LogP contribution in [-0.4, -0.2) is 47.9 Å². The molecule has 0 aliphatic carbocycles. The second-order valence-electron chi connectivity index (χ2n) is 4.97. The molecule has 0 bridgehead atoms. The Kier molecular flexibility index (Phi) is 5.32. The number of oxime groups is 1. The lowest BCUT2D eigenvalue weighted by molar-refractivity contribution is -0.135. The summed E-state index contributed by atoms with van der Waals surface area (Å²) in [5.41, 5.74) is 1.86. The number of hydrogen-bond donors (Lipinski definition) is 1. The standard InChI is InChI=1S/C16H19N3O3/c1-18(2)16(20)14-9-6-10-19(15(14)11-17-21)22-12-13-7-4-3-5-8-13/h3-9,11,21H,10,12H2,1-2H3. The molecule has 0 radical (unpaired) electrons. The SMILES string of the molecule is CN(C)C(=O)C1=C(C=NO)N(OCc2ccccc2)CC=C1. The lowest BCUT2D eigenvalue weighted by Crippen LogP contribution is -2.33. The minimum atomic E-state index is -0.181. The molecule has 0 saturated heterocycles. The van der Waals surface area contributed by atoms with Gasteiger partial charge in [0.15, 0.2) is 0 Å². The number of hydrogen-bond acceptors (Lipinski definition) is 5. The van der Waals surface area contributed by atoms with Crippen molar-refractivity contribution in [1.29, 1.82) is 0 Å². The summed E-state index contributed by atoms with van der Waals surface area (Å²) in [6, 6.07) is 9.71. The summed E-state index contributed by atoms with van der Waals surface area (Å²) >= 11 is 0. The topological polar surface area (TPSA) is 65.4 Å². The summed E-state index contributed by atoms with van der Waals surface area (Å²) in [6.45, 7) is 0.833. The number of allylic oxidation sites excluding steroid dienone is 1. The Hall–Kier alpha value is -2.60. The van der Waals surface area contributed by atoms with E-state index in [4.69, 9.17) is 10.0 Å². The highest BCUT2D eigenvalue weighted by Crippen LogP contribution is 2.19. The molecule has 1 amide bonds. The maximum Gasteiger partial charge on any atom is 0.255 e. The van der Waals surface area contributed by atoms with Crippen molar-refractivity contribution in [1.82, 2.24) is 9.96 Å². The maximum atomic E-state index is 12.2. The molecule has 0 saturated carbocycles. The fourth-order valence-electron chi connectivity index (χ4n) is 2.04. The van der Waals surface area contributed by atoms with Gasteiger partial charge in [0.25, 0.3) is 5.91 Å². The van der Waals surface area contributed by atoms with Crippen molar-refractivity contribution in [2.75, 3.05) is 20.6 Å². The van der Waals surface area contributed by atoms with E-state index in [2.05, 4.69) is 5.16 Å². The van der Waals surface area contributed by atoms with Crippen LogP contribution in [0.25, 0.3) is 0 Å². The van der Waals surface area contributed by atoms with Crippen molar-refractivity contribution in [2.45, 2.75) is 6.61 Å². The van der Waals surface area contributed by atoms with Gasteiger partial charge in [-0.25, -0.2) is 5.06 Å². The fourth-order valence-corrected chi connectivity index (χ4v) is 2.04. The maximum absolute atomic E-state index is 12.2. The molecule has 1 heterocycles. The van der Waals surface area contributed by atoms with Crippen molar-refractivity contribution < 1.29 is 14.8 Å². The van der Waals surface area contributed by atoms with Crippen LogP contribution < -0.4 is 0 Å². The van der Waals surface area contributed by atoms with Gasteiger partial charge in [0.2, 0.25) is 0 Å². The smallest absolute Gasteiger partial charge is 0.255 e. The zero-order valence-electron chi connectivity index (χ0n) is 12.6. The fraction of sp³-hybridized carbons (Fsp3) is 0.250. The van der Waals surface area contributed by atoms with Crippen molar-refractivity contribution in [3.05, 3.63) is 59.3 Å². The Morgan fingerprint density at radius 3 is 2.77 bits per heavy atom. The van der Waals surface area contributed by atoms with Gasteiger partial charge in [0.05, 0.1) is 30.6 Å². The van der Waals surface area contributed by atoms with E-state index in [-0.39, 0.29) is 5.91 Å². The van der Waals surface area contributed by atoms with E-state index >= 15 is 0 Å². The normalized spacial score (nSPS) is 14.7. The van der Waals surface area contributed by atoms with Gasteiger partial charge < -0.3 is 10.1 Å². The third kappa shape index (κ3) is 3.73. The molecule has 0 fully saturated rings. The molecule has 1 aromatic carbocycles. The van der Waals surface area contributed by atoms with E-state index in [1.807, 2.05) is 36.4 Å². The average Bonchev–Trinajstić information content (AvgIpc) is 2.54. The van der Waals surface area contributed by atoms with Crippen LogP contribution in [0.4, 0.5) is 0 Å². The highest BCUT2D eigenvalue weighted by molar-refractivity contribution is 6.02. The van der Waals surface area contributed by atoms with E-state index in [1.54, 1.807) is 25.2 Å². The second kappa shape index (κ2) is 7.42. The summed E-state index contributed by atoms with van der Waals surface area (Å²) in [7, 11) is 3.33. The number of nitrogens with zero attached hydrogens (tertiary/aromatic N) is 3. The summed E-state index contributed by atoms with van der Waals surface area (Å²) in [6.07, 6.45) is 4.75. The molecule has 1 N–H and O–H groups in total. The second-order valence-corrected chi connectivity index (χ2v) is 4.97. The molecule has 1 aromatic rings. The largest absolute Gasteiger partial charge is 0.411 e. The number of carbonyl (C=O) groups is 1. The Balaban J connectivity index is 2.19. The van der Waals surface area contributed by atoms with Crippen LogP contribution in [-0.2, 0) is 16.2 Å². The van der Waals surface area contributed by atoms with Gasteiger partial charge in [-0.15, -0.1) is 0 Å². The Morgan fingerprint density at radius 2 is 2.14 bits per heavy atom. The molecule has 1 aliphatic rings. The molecule has 22 heavy (non-hydrogen) atoms. The van der Waals surface area contributed by atoms with Gasteiger partial charge in [0, 0.05) is 14.1 Å². The molecule has 0 unspecified atom stereocenters. The van der Waals surface area contributed by atoms with E-state index in [1.165, 1.54) is 11.1 Å².